The summed E-state index contributed by atoms with van der Waals surface area (Å²) in [5.74, 6) is -5.21. The smallest absolute Gasteiger partial charge is 0.458 e. The summed E-state index contributed by atoms with van der Waals surface area (Å²) in [6, 6.07) is 1.50. The predicted octanol–water partition coefficient (Wildman–Crippen LogP) is 5.64. The van der Waals surface area contributed by atoms with Gasteiger partial charge in [0.15, 0.2) is 0 Å². The first-order valence-electron chi connectivity index (χ1n) is 6.82. The molecule has 0 atom stereocenters. The Labute approximate surface area is 127 Å². The zero-order valence-electron chi connectivity index (χ0n) is 13.5. The zero-order chi connectivity index (χ0) is 17.7. The van der Waals surface area contributed by atoms with Gasteiger partial charge in [-0.3, -0.25) is 0 Å². The van der Waals surface area contributed by atoms with E-state index < -0.39 is 28.5 Å². The third-order valence-corrected chi connectivity index (χ3v) is 3.44. The van der Waals surface area contributed by atoms with Crippen molar-refractivity contribution in [3.05, 3.63) is 28.8 Å². The number of benzene rings is 1. The molecule has 1 N–H and O–H groups in total. The maximum atomic E-state index is 13.7. The summed E-state index contributed by atoms with van der Waals surface area (Å²) in [5.41, 5.74) is -2.56. The van der Waals surface area contributed by atoms with Gasteiger partial charge in [0.1, 0.15) is 5.75 Å². The lowest BCUT2D eigenvalue weighted by molar-refractivity contribution is -0.289. The third-order valence-electron chi connectivity index (χ3n) is 3.44. The second-order valence-electron chi connectivity index (χ2n) is 7.49. The van der Waals surface area contributed by atoms with Crippen LogP contribution in [0, 0.1) is 0 Å². The van der Waals surface area contributed by atoms with Gasteiger partial charge < -0.3 is 5.11 Å². The molecular formula is C16H21F5O. The predicted molar refractivity (Wildman–Crippen MR) is 75.5 cm³/mol. The van der Waals surface area contributed by atoms with Gasteiger partial charge in [-0.1, -0.05) is 41.5 Å². The first kappa shape index (κ1) is 18.7. The highest BCUT2D eigenvalue weighted by Gasteiger charge is 2.59. The van der Waals surface area contributed by atoms with Crippen LogP contribution in [0.5, 0.6) is 5.75 Å². The average molecular weight is 324 g/mol. The van der Waals surface area contributed by atoms with E-state index in [0.29, 0.717) is 0 Å². The number of hydrogen-bond acceptors (Lipinski definition) is 1. The van der Waals surface area contributed by atoms with Crippen LogP contribution >= 0.6 is 0 Å². The molecule has 0 radical (unpaired) electrons. The zero-order valence-corrected chi connectivity index (χ0v) is 13.5. The highest BCUT2D eigenvalue weighted by atomic mass is 19.4. The average Bonchev–Trinajstić information content (AvgIpc) is 2.23. The highest BCUT2D eigenvalue weighted by molar-refractivity contribution is 5.51. The van der Waals surface area contributed by atoms with E-state index in [4.69, 9.17) is 0 Å². The maximum absolute atomic E-state index is 13.7. The molecule has 0 bridgehead atoms. The molecule has 0 aliphatic carbocycles. The molecule has 126 valence electrons. The second-order valence-corrected chi connectivity index (χ2v) is 7.49. The van der Waals surface area contributed by atoms with E-state index in [-0.39, 0.29) is 16.9 Å². The number of aromatic hydroxyl groups is 1. The Morgan fingerprint density at radius 2 is 1.05 bits per heavy atom. The van der Waals surface area contributed by atoms with Crippen LogP contribution in [0.3, 0.4) is 0 Å². The van der Waals surface area contributed by atoms with Crippen LogP contribution in [0.25, 0.3) is 0 Å². The summed E-state index contributed by atoms with van der Waals surface area (Å²) >= 11 is 0. The molecule has 0 aliphatic rings. The van der Waals surface area contributed by atoms with Gasteiger partial charge in [0.25, 0.3) is 0 Å². The first-order valence-corrected chi connectivity index (χ1v) is 6.82. The fraction of sp³-hybridized carbons (Fsp3) is 0.625. The Kier molecular flexibility index (Phi) is 4.34. The van der Waals surface area contributed by atoms with E-state index in [1.54, 1.807) is 41.5 Å². The van der Waals surface area contributed by atoms with Gasteiger partial charge in [-0.25, -0.2) is 0 Å². The fourth-order valence-corrected chi connectivity index (χ4v) is 2.12. The molecule has 0 aliphatic heterocycles. The molecule has 0 aromatic heterocycles. The van der Waals surface area contributed by atoms with Crippen LogP contribution in [0.15, 0.2) is 12.1 Å². The summed E-state index contributed by atoms with van der Waals surface area (Å²) in [6.07, 6.45) is -5.69. The van der Waals surface area contributed by atoms with Gasteiger partial charge in [-0.2, -0.15) is 22.0 Å². The molecule has 0 fully saturated rings. The first-order chi connectivity index (χ1) is 9.49. The molecule has 0 spiro atoms. The standard InChI is InChI=1S/C16H21F5O/c1-13(2,3)10-7-9(15(17,18)16(19,20)21)8-11(12(10)22)14(4,5)6/h7-8,22H,1-6H3. The summed E-state index contributed by atoms with van der Waals surface area (Å²) in [7, 11) is 0. The van der Waals surface area contributed by atoms with E-state index in [1.165, 1.54) is 0 Å². The van der Waals surface area contributed by atoms with Crippen molar-refractivity contribution in [2.75, 3.05) is 0 Å². The van der Waals surface area contributed by atoms with Crippen molar-refractivity contribution in [3.8, 4) is 5.75 Å². The van der Waals surface area contributed by atoms with E-state index in [9.17, 15) is 27.1 Å². The largest absolute Gasteiger partial charge is 0.507 e. The number of phenolic OH excluding ortho intramolecular Hbond substituents is 1. The van der Waals surface area contributed by atoms with Crippen molar-refractivity contribution in [1.82, 2.24) is 0 Å². The monoisotopic (exact) mass is 324 g/mol. The van der Waals surface area contributed by atoms with Gasteiger partial charge in [0.2, 0.25) is 0 Å². The molecule has 0 amide bonds. The van der Waals surface area contributed by atoms with Crippen LogP contribution in [-0.2, 0) is 16.8 Å². The molecule has 6 heteroatoms. The fourth-order valence-electron chi connectivity index (χ4n) is 2.12. The van der Waals surface area contributed by atoms with Crippen molar-refractivity contribution in [3.63, 3.8) is 0 Å². The Morgan fingerprint density at radius 1 is 0.727 bits per heavy atom. The number of halogens is 5. The van der Waals surface area contributed by atoms with Gasteiger partial charge >= 0.3 is 12.1 Å². The molecule has 0 heterocycles. The number of phenols is 1. The van der Waals surface area contributed by atoms with Gasteiger partial charge in [-0.05, 0) is 23.0 Å². The summed E-state index contributed by atoms with van der Waals surface area (Å²) in [5, 5.41) is 10.3. The van der Waals surface area contributed by atoms with Crippen LogP contribution in [0.2, 0.25) is 0 Å². The lowest BCUT2D eigenvalue weighted by Gasteiger charge is -2.30. The second kappa shape index (κ2) is 5.10. The summed E-state index contributed by atoms with van der Waals surface area (Å²) < 4.78 is 65.4. The SMILES string of the molecule is CC(C)(C)c1cc(C(F)(F)C(F)(F)F)cc(C(C)(C)C)c1O. The Morgan fingerprint density at radius 3 is 1.27 bits per heavy atom. The Bertz CT molecular complexity index is 524. The minimum atomic E-state index is -5.69. The molecular weight excluding hydrogens is 303 g/mol. The quantitative estimate of drug-likeness (QED) is 0.663. The lowest BCUT2D eigenvalue weighted by atomic mass is 9.78. The van der Waals surface area contributed by atoms with Crippen molar-refractivity contribution in [2.45, 2.75) is 64.5 Å². The molecule has 22 heavy (non-hydrogen) atoms. The van der Waals surface area contributed by atoms with Crippen molar-refractivity contribution in [2.24, 2.45) is 0 Å². The highest BCUT2D eigenvalue weighted by Crippen LogP contribution is 2.48. The van der Waals surface area contributed by atoms with Crippen LogP contribution < -0.4 is 0 Å². The van der Waals surface area contributed by atoms with Crippen LogP contribution in [-0.4, -0.2) is 11.3 Å². The molecule has 1 aromatic rings. The molecule has 0 unspecified atom stereocenters. The van der Waals surface area contributed by atoms with Crippen molar-refractivity contribution < 1.29 is 27.1 Å². The van der Waals surface area contributed by atoms with Gasteiger partial charge in [0, 0.05) is 16.7 Å². The third kappa shape index (κ3) is 3.36. The number of alkyl halides is 5. The maximum Gasteiger partial charge on any atom is 0.458 e. The lowest BCUT2D eigenvalue weighted by Crippen LogP contribution is -2.34. The molecule has 1 rings (SSSR count). The Hall–Kier alpha value is -1.33. The molecule has 1 nitrogen and oxygen atoms in total. The van der Waals surface area contributed by atoms with Crippen molar-refractivity contribution in [1.29, 1.82) is 0 Å². The van der Waals surface area contributed by atoms with E-state index in [0.717, 1.165) is 12.1 Å². The molecule has 1 aromatic carbocycles. The van der Waals surface area contributed by atoms with Crippen molar-refractivity contribution >= 4 is 0 Å². The van der Waals surface area contributed by atoms with Crippen LogP contribution in [0.1, 0.15) is 58.2 Å². The topological polar surface area (TPSA) is 20.2 Å². The van der Waals surface area contributed by atoms with Gasteiger partial charge in [-0.15, -0.1) is 0 Å². The van der Waals surface area contributed by atoms with E-state index >= 15 is 0 Å². The Balaban J connectivity index is 3.77. The summed E-state index contributed by atoms with van der Waals surface area (Å²) in [4.78, 5) is 0. The van der Waals surface area contributed by atoms with E-state index in [2.05, 4.69) is 0 Å². The molecule has 0 saturated carbocycles. The number of hydrogen-bond donors (Lipinski definition) is 1. The minimum absolute atomic E-state index is 0.0684. The summed E-state index contributed by atoms with van der Waals surface area (Å²) in [6.45, 7) is 9.86. The van der Waals surface area contributed by atoms with Gasteiger partial charge in [0.05, 0.1) is 0 Å². The number of rotatable bonds is 1. The normalized spacial score (nSPS) is 14.3. The molecule has 0 saturated heterocycles. The van der Waals surface area contributed by atoms with Crippen LogP contribution in [0.4, 0.5) is 22.0 Å². The minimum Gasteiger partial charge on any atom is -0.507 e. The van der Waals surface area contributed by atoms with E-state index in [1.807, 2.05) is 0 Å².